The minimum atomic E-state index is -0.399. The standard InChI is InChI=1S/C16H22NO2/c18-16(17-12-4-8-15-10-11-15)19-13-5-9-14-6-2-1-3-7-14/h1-3,6-7,15H,4-5,8-13H2. The lowest BCUT2D eigenvalue weighted by atomic mass is 10.1. The number of aryl methyl sites for hydroxylation is 1. The molecule has 1 aromatic rings. The Morgan fingerprint density at radius 1 is 1.21 bits per heavy atom. The second kappa shape index (κ2) is 7.82. The number of amides is 1. The number of benzene rings is 1. The Hall–Kier alpha value is -1.51. The lowest BCUT2D eigenvalue weighted by Gasteiger charge is -2.05. The van der Waals surface area contributed by atoms with Gasteiger partial charge >= 0.3 is 6.09 Å². The van der Waals surface area contributed by atoms with Gasteiger partial charge in [-0.15, -0.1) is 0 Å². The largest absolute Gasteiger partial charge is 0.448 e. The molecule has 103 valence electrons. The molecule has 3 nitrogen and oxygen atoms in total. The van der Waals surface area contributed by atoms with Crippen LogP contribution in [0, 0.1) is 5.92 Å². The van der Waals surface area contributed by atoms with Crippen LogP contribution < -0.4 is 5.32 Å². The lowest BCUT2D eigenvalue weighted by molar-refractivity contribution is 0.143. The summed E-state index contributed by atoms with van der Waals surface area (Å²) in [5.74, 6) is 0.914. The maximum atomic E-state index is 11.3. The van der Waals surface area contributed by atoms with E-state index in [1.54, 1.807) is 0 Å². The van der Waals surface area contributed by atoms with Gasteiger partial charge in [-0.05, 0) is 37.2 Å². The summed E-state index contributed by atoms with van der Waals surface area (Å²) in [6, 6.07) is 10.2. The quantitative estimate of drug-likeness (QED) is 0.671. The van der Waals surface area contributed by atoms with Crippen molar-refractivity contribution in [2.75, 3.05) is 13.2 Å². The lowest BCUT2D eigenvalue weighted by Crippen LogP contribution is -2.19. The van der Waals surface area contributed by atoms with Gasteiger partial charge in [-0.2, -0.15) is 0 Å². The van der Waals surface area contributed by atoms with E-state index in [1.165, 1.54) is 24.8 Å². The molecular weight excluding hydrogens is 238 g/mol. The van der Waals surface area contributed by atoms with Crippen molar-refractivity contribution in [3.8, 4) is 0 Å². The van der Waals surface area contributed by atoms with Crippen molar-refractivity contribution < 1.29 is 9.53 Å². The Bertz CT molecular complexity index is 374. The molecule has 19 heavy (non-hydrogen) atoms. The molecule has 1 radical (unpaired) electrons. The molecule has 0 N–H and O–H groups in total. The van der Waals surface area contributed by atoms with Gasteiger partial charge in [-0.25, -0.2) is 10.1 Å². The summed E-state index contributed by atoms with van der Waals surface area (Å²) < 4.78 is 5.08. The van der Waals surface area contributed by atoms with Crippen LogP contribution in [0.25, 0.3) is 0 Å². The summed E-state index contributed by atoms with van der Waals surface area (Å²) in [5.41, 5.74) is 1.28. The molecule has 1 amide bonds. The third-order valence-electron chi connectivity index (χ3n) is 3.39. The second-order valence-electron chi connectivity index (χ2n) is 5.17. The summed E-state index contributed by atoms with van der Waals surface area (Å²) in [6.07, 6.45) is 6.36. The molecule has 0 saturated heterocycles. The second-order valence-corrected chi connectivity index (χ2v) is 5.17. The first-order chi connectivity index (χ1) is 9.34. The molecule has 3 heteroatoms. The molecule has 2 rings (SSSR count). The molecule has 0 aromatic heterocycles. The van der Waals surface area contributed by atoms with E-state index in [0.717, 1.165) is 25.2 Å². The van der Waals surface area contributed by atoms with Crippen molar-refractivity contribution in [2.24, 2.45) is 5.92 Å². The fourth-order valence-corrected chi connectivity index (χ4v) is 2.08. The summed E-state index contributed by atoms with van der Waals surface area (Å²) in [4.78, 5) is 11.3. The minimum absolute atomic E-state index is 0.399. The van der Waals surface area contributed by atoms with Gasteiger partial charge < -0.3 is 4.74 Å². The Balaban J connectivity index is 1.44. The van der Waals surface area contributed by atoms with Crippen molar-refractivity contribution >= 4 is 6.09 Å². The molecule has 0 aliphatic heterocycles. The topological polar surface area (TPSA) is 40.4 Å². The normalized spacial score (nSPS) is 14.1. The Kier molecular flexibility index (Phi) is 5.73. The van der Waals surface area contributed by atoms with Crippen molar-refractivity contribution in [2.45, 2.75) is 38.5 Å². The van der Waals surface area contributed by atoms with Crippen LogP contribution >= 0.6 is 0 Å². The predicted molar refractivity (Wildman–Crippen MR) is 75.1 cm³/mol. The molecule has 1 aliphatic carbocycles. The van der Waals surface area contributed by atoms with E-state index in [9.17, 15) is 4.79 Å². The third-order valence-corrected chi connectivity index (χ3v) is 3.39. The zero-order valence-electron chi connectivity index (χ0n) is 11.4. The Morgan fingerprint density at radius 3 is 2.74 bits per heavy atom. The first-order valence-electron chi connectivity index (χ1n) is 7.23. The van der Waals surface area contributed by atoms with E-state index >= 15 is 0 Å². The number of rotatable bonds is 8. The smallest absolute Gasteiger partial charge is 0.428 e. The minimum Gasteiger partial charge on any atom is -0.448 e. The van der Waals surface area contributed by atoms with E-state index in [4.69, 9.17) is 4.74 Å². The maximum Gasteiger partial charge on any atom is 0.428 e. The van der Waals surface area contributed by atoms with Crippen LogP contribution in [0.4, 0.5) is 4.79 Å². The van der Waals surface area contributed by atoms with Gasteiger partial charge in [-0.1, -0.05) is 43.2 Å². The first kappa shape index (κ1) is 13.9. The van der Waals surface area contributed by atoms with Gasteiger partial charge in [0.25, 0.3) is 0 Å². The molecule has 0 spiro atoms. The van der Waals surface area contributed by atoms with Crippen LogP contribution in [0.3, 0.4) is 0 Å². The molecule has 1 fully saturated rings. The molecule has 0 heterocycles. The summed E-state index contributed by atoms with van der Waals surface area (Å²) in [7, 11) is 0. The molecule has 1 aromatic carbocycles. The summed E-state index contributed by atoms with van der Waals surface area (Å²) in [5, 5.41) is 3.91. The van der Waals surface area contributed by atoms with Crippen molar-refractivity contribution in [3.63, 3.8) is 0 Å². The highest BCUT2D eigenvalue weighted by Crippen LogP contribution is 2.33. The third kappa shape index (κ3) is 6.27. The monoisotopic (exact) mass is 260 g/mol. The van der Waals surface area contributed by atoms with E-state index in [1.807, 2.05) is 18.2 Å². The van der Waals surface area contributed by atoms with E-state index in [2.05, 4.69) is 17.4 Å². The van der Waals surface area contributed by atoms with Crippen LogP contribution in [0.1, 0.15) is 37.7 Å². The van der Waals surface area contributed by atoms with Crippen LogP contribution in [-0.2, 0) is 11.2 Å². The number of hydrogen-bond donors (Lipinski definition) is 0. The van der Waals surface area contributed by atoms with Crippen LogP contribution in [0.5, 0.6) is 0 Å². The summed E-state index contributed by atoms with van der Waals surface area (Å²) >= 11 is 0. The fourth-order valence-electron chi connectivity index (χ4n) is 2.08. The first-order valence-corrected chi connectivity index (χ1v) is 7.23. The number of hydrogen-bond acceptors (Lipinski definition) is 2. The van der Waals surface area contributed by atoms with E-state index < -0.39 is 6.09 Å². The van der Waals surface area contributed by atoms with Gasteiger partial charge in [0.1, 0.15) is 0 Å². The maximum absolute atomic E-state index is 11.3. The molecule has 1 aliphatic rings. The van der Waals surface area contributed by atoms with Crippen LogP contribution in [-0.4, -0.2) is 19.2 Å². The number of carbonyl (C=O) groups excluding carboxylic acids is 1. The summed E-state index contributed by atoms with van der Waals surface area (Å²) in [6.45, 7) is 1.08. The van der Waals surface area contributed by atoms with Gasteiger partial charge in [0.2, 0.25) is 0 Å². The van der Waals surface area contributed by atoms with Crippen molar-refractivity contribution in [3.05, 3.63) is 35.9 Å². The molecule has 1 saturated carbocycles. The predicted octanol–water partition coefficient (Wildman–Crippen LogP) is 3.55. The fraction of sp³-hybridized carbons (Fsp3) is 0.562. The Morgan fingerprint density at radius 2 is 2.00 bits per heavy atom. The highest BCUT2D eigenvalue weighted by atomic mass is 16.5. The molecule has 0 bridgehead atoms. The number of carbonyl (C=O) groups is 1. The van der Waals surface area contributed by atoms with Crippen LogP contribution in [0.2, 0.25) is 0 Å². The van der Waals surface area contributed by atoms with Crippen molar-refractivity contribution in [1.29, 1.82) is 0 Å². The van der Waals surface area contributed by atoms with Crippen LogP contribution in [0.15, 0.2) is 30.3 Å². The zero-order valence-corrected chi connectivity index (χ0v) is 11.4. The van der Waals surface area contributed by atoms with E-state index in [-0.39, 0.29) is 0 Å². The van der Waals surface area contributed by atoms with Crippen molar-refractivity contribution in [1.82, 2.24) is 5.32 Å². The average molecular weight is 260 g/mol. The zero-order chi connectivity index (χ0) is 13.3. The van der Waals surface area contributed by atoms with Gasteiger partial charge in [-0.3, -0.25) is 0 Å². The van der Waals surface area contributed by atoms with Gasteiger partial charge in [0.05, 0.1) is 6.61 Å². The highest BCUT2D eigenvalue weighted by Gasteiger charge is 2.20. The number of ether oxygens (including phenoxy) is 1. The SMILES string of the molecule is O=C([N]CCCC1CC1)OCCCc1ccccc1. The molecular formula is C16H22NO2. The van der Waals surface area contributed by atoms with Gasteiger partial charge in [0.15, 0.2) is 0 Å². The average Bonchev–Trinajstić information content (AvgIpc) is 3.25. The van der Waals surface area contributed by atoms with Gasteiger partial charge in [0, 0.05) is 6.54 Å². The highest BCUT2D eigenvalue weighted by molar-refractivity contribution is 5.66. The molecule has 0 atom stereocenters. The molecule has 0 unspecified atom stereocenters. The number of nitrogens with zero attached hydrogens (tertiary/aromatic N) is 1. The Labute approximate surface area is 115 Å². The van der Waals surface area contributed by atoms with E-state index in [0.29, 0.717) is 13.2 Å².